The molecule has 0 aliphatic heterocycles. The molecule has 0 aliphatic rings. The molecule has 27 heavy (non-hydrogen) atoms. The van der Waals surface area contributed by atoms with Crippen LogP contribution >= 0.6 is 11.3 Å². The number of carbonyl (C=O) groups excluding carboxylic acids is 1. The van der Waals surface area contributed by atoms with Gasteiger partial charge in [-0.15, -0.1) is 11.3 Å². The predicted octanol–water partition coefficient (Wildman–Crippen LogP) is 4.48. The van der Waals surface area contributed by atoms with Crippen LogP contribution in [0.5, 0.6) is 0 Å². The van der Waals surface area contributed by atoms with E-state index in [9.17, 15) is 14.0 Å². The first-order valence-electron chi connectivity index (χ1n) is 8.90. The van der Waals surface area contributed by atoms with Gasteiger partial charge in [0.2, 0.25) is 0 Å². The Morgan fingerprint density at radius 1 is 1.30 bits per heavy atom. The Morgan fingerprint density at radius 2 is 2.00 bits per heavy atom. The fraction of sp³-hybridized carbons (Fsp3) is 0.350. The van der Waals surface area contributed by atoms with Crippen molar-refractivity contribution >= 4 is 27.5 Å². The van der Waals surface area contributed by atoms with Gasteiger partial charge in [0.25, 0.3) is 5.56 Å². The number of rotatable bonds is 6. The molecule has 0 radical (unpaired) electrons. The Hall–Kier alpha value is -2.54. The van der Waals surface area contributed by atoms with Gasteiger partial charge in [0, 0.05) is 10.4 Å². The SMILES string of the molecule is CCCOC(=O)[C@@H](CC)n1cnc2sc(C)c(-c3ccc(F)cc3)c2c1=O. The maximum atomic E-state index is 13.3. The second kappa shape index (κ2) is 8.00. The van der Waals surface area contributed by atoms with E-state index in [0.29, 0.717) is 29.7 Å². The molecule has 142 valence electrons. The molecule has 0 fully saturated rings. The Morgan fingerprint density at radius 3 is 2.63 bits per heavy atom. The van der Waals surface area contributed by atoms with Crippen molar-refractivity contribution in [3.8, 4) is 11.1 Å². The van der Waals surface area contributed by atoms with Crippen LogP contribution in [0.2, 0.25) is 0 Å². The van der Waals surface area contributed by atoms with Gasteiger partial charge in [-0.2, -0.15) is 0 Å². The van der Waals surface area contributed by atoms with Gasteiger partial charge in [-0.1, -0.05) is 26.0 Å². The summed E-state index contributed by atoms with van der Waals surface area (Å²) < 4.78 is 19.9. The van der Waals surface area contributed by atoms with Crippen LogP contribution in [-0.2, 0) is 9.53 Å². The van der Waals surface area contributed by atoms with Crippen LogP contribution in [0.4, 0.5) is 4.39 Å². The van der Waals surface area contributed by atoms with E-state index in [4.69, 9.17) is 4.74 Å². The number of hydrogen-bond donors (Lipinski definition) is 0. The summed E-state index contributed by atoms with van der Waals surface area (Å²) in [6, 6.07) is 5.30. The number of thiophene rings is 1. The van der Waals surface area contributed by atoms with Crippen molar-refractivity contribution < 1.29 is 13.9 Å². The molecule has 1 atom stereocenters. The second-order valence-electron chi connectivity index (χ2n) is 6.27. The highest BCUT2D eigenvalue weighted by molar-refractivity contribution is 7.19. The lowest BCUT2D eigenvalue weighted by molar-refractivity contribution is -0.147. The Balaban J connectivity index is 2.16. The minimum Gasteiger partial charge on any atom is -0.464 e. The number of fused-ring (bicyclic) bond motifs is 1. The zero-order valence-corrected chi connectivity index (χ0v) is 16.3. The van der Waals surface area contributed by atoms with E-state index in [-0.39, 0.29) is 11.4 Å². The second-order valence-corrected chi connectivity index (χ2v) is 7.47. The first-order valence-corrected chi connectivity index (χ1v) is 9.72. The highest BCUT2D eigenvalue weighted by Gasteiger charge is 2.24. The summed E-state index contributed by atoms with van der Waals surface area (Å²) in [4.78, 5) is 31.5. The average molecular weight is 388 g/mol. The van der Waals surface area contributed by atoms with Crippen molar-refractivity contribution in [1.82, 2.24) is 9.55 Å². The van der Waals surface area contributed by atoms with Gasteiger partial charge >= 0.3 is 5.97 Å². The summed E-state index contributed by atoms with van der Waals surface area (Å²) in [5.41, 5.74) is 1.20. The van der Waals surface area contributed by atoms with Crippen LogP contribution in [0.15, 0.2) is 35.4 Å². The zero-order chi connectivity index (χ0) is 19.6. The summed E-state index contributed by atoms with van der Waals surface area (Å²) in [5.74, 6) is -0.769. The monoisotopic (exact) mass is 388 g/mol. The van der Waals surface area contributed by atoms with Crippen molar-refractivity contribution in [2.24, 2.45) is 0 Å². The smallest absolute Gasteiger partial charge is 0.329 e. The quantitative estimate of drug-likeness (QED) is 0.584. The first-order chi connectivity index (χ1) is 13.0. The van der Waals surface area contributed by atoms with E-state index in [1.54, 1.807) is 12.1 Å². The number of ether oxygens (including phenoxy) is 1. The van der Waals surface area contributed by atoms with Gasteiger partial charge in [0.05, 0.1) is 18.3 Å². The number of aryl methyl sites for hydroxylation is 1. The number of hydrogen-bond acceptors (Lipinski definition) is 5. The normalized spacial score (nSPS) is 12.3. The Bertz CT molecular complexity index is 1020. The summed E-state index contributed by atoms with van der Waals surface area (Å²) >= 11 is 1.41. The number of nitrogens with zero attached hydrogens (tertiary/aromatic N) is 2. The minimum absolute atomic E-state index is 0.288. The molecule has 3 aromatic rings. The predicted molar refractivity (Wildman–Crippen MR) is 105 cm³/mol. The van der Waals surface area contributed by atoms with Crippen molar-refractivity contribution in [3.05, 3.63) is 51.6 Å². The summed E-state index contributed by atoms with van der Waals surface area (Å²) in [7, 11) is 0. The molecule has 2 aromatic heterocycles. The van der Waals surface area contributed by atoms with Crippen molar-refractivity contribution in [2.75, 3.05) is 6.61 Å². The molecule has 7 heteroatoms. The number of carbonyl (C=O) groups is 1. The number of esters is 1. The van der Waals surface area contributed by atoms with E-state index >= 15 is 0 Å². The third-order valence-electron chi connectivity index (χ3n) is 4.39. The van der Waals surface area contributed by atoms with E-state index in [0.717, 1.165) is 16.0 Å². The molecule has 0 spiro atoms. The lowest BCUT2D eigenvalue weighted by Gasteiger charge is -2.16. The minimum atomic E-state index is -0.720. The standard InChI is InChI=1S/C20H21FN2O3S/c1-4-10-26-20(25)15(5-2)23-11-22-18-17(19(23)24)16(12(3)27-18)13-6-8-14(21)9-7-13/h6-9,11,15H,4-5,10H2,1-3H3/t15-/m1/s1. The molecule has 0 unspecified atom stereocenters. The highest BCUT2D eigenvalue weighted by Crippen LogP contribution is 2.35. The van der Waals surface area contributed by atoms with E-state index in [1.807, 2.05) is 20.8 Å². The zero-order valence-electron chi connectivity index (χ0n) is 15.5. The van der Waals surface area contributed by atoms with Gasteiger partial charge < -0.3 is 4.74 Å². The molecule has 0 aliphatic carbocycles. The van der Waals surface area contributed by atoms with Crippen molar-refractivity contribution in [1.29, 1.82) is 0 Å². The molecule has 5 nitrogen and oxygen atoms in total. The maximum Gasteiger partial charge on any atom is 0.329 e. The topological polar surface area (TPSA) is 61.2 Å². The van der Waals surface area contributed by atoms with Crippen LogP contribution in [0.3, 0.4) is 0 Å². The largest absolute Gasteiger partial charge is 0.464 e. The molecular formula is C20H21FN2O3S. The van der Waals surface area contributed by atoms with Crippen LogP contribution in [0.25, 0.3) is 21.3 Å². The highest BCUT2D eigenvalue weighted by atomic mass is 32.1. The number of aromatic nitrogens is 2. The third kappa shape index (κ3) is 3.64. The number of halogens is 1. The summed E-state index contributed by atoms with van der Waals surface area (Å²) in [6.07, 6.45) is 2.55. The summed E-state index contributed by atoms with van der Waals surface area (Å²) in [5, 5.41) is 0.452. The lowest BCUT2D eigenvalue weighted by Crippen LogP contribution is -2.31. The molecule has 3 rings (SSSR count). The van der Waals surface area contributed by atoms with Crippen LogP contribution < -0.4 is 5.56 Å². The fourth-order valence-corrected chi connectivity index (χ4v) is 4.08. The fourth-order valence-electron chi connectivity index (χ4n) is 3.08. The molecular weight excluding hydrogens is 367 g/mol. The summed E-state index contributed by atoms with van der Waals surface area (Å²) in [6.45, 7) is 5.96. The molecule has 0 amide bonds. The van der Waals surface area contributed by atoms with E-state index < -0.39 is 12.0 Å². The van der Waals surface area contributed by atoms with Gasteiger partial charge in [0.15, 0.2) is 0 Å². The molecule has 1 aromatic carbocycles. The average Bonchev–Trinajstić information content (AvgIpc) is 3.00. The number of benzene rings is 1. The van der Waals surface area contributed by atoms with Crippen molar-refractivity contribution in [2.45, 2.75) is 39.7 Å². The molecule has 0 saturated heterocycles. The molecule has 0 N–H and O–H groups in total. The van der Waals surface area contributed by atoms with Crippen molar-refractivity contribution in [3.63, 3.8) is 0 Å². The van der Waals surface area contributed by atoms with Crippen LogP contribution in [-0.4, -0.2) is 22.1 Å². The third-order valence-corrected chi connectivity index (χ3v) is 5.40. The van der Waals surface area contributed by atoms with Gasteiger partial charge in [-0.3, -0.25) is 9.36 Å². The molecule has 0 bridgehead atoms. The van der Waals surface area contributed by atoms with Crippen LogP contribution in [0, 0.1) is 12.7 Å². The van der Waals surface area contributed by atoms with Gasteiger partial charge in [-0.05, 0) is 37.5 Å². The van der Waals surface area contributed by atoms with E-state index in [1.165, 1.54) is 34.4 Å². The maximum absolute atomic E-state index is 13.3. The van der Waals surface area contributed by atoms with Gasteiger partial charge in [-0.25, -0.2) is 14.2 Å². The lowest BCUT2D eigenvalue weighted by atomic mass is 10.0. The first kappa shape index (κ1) is 19.2. The molecule has 0 saturated carbocycles. The van der Waals surface area contributed by atoms with E-state index in [2.05, 4.69) is 4.98 Å². The molecule has 2 heterocycles. The Kier molecular flexibility index (Phi) is 5.70. The Labute approximate surface area is 160 Å². The van der Waals surface area contributed by atoms with Crippen LogP contribution in [0.1, 0.15) is 37.6 Å². The van der Waals surface area contributed by atoms with Gasteiger partial charge in [0.1, 0.15) is 16.7 Å².